The molecule has 24 heavy (non-hydrogen) atoms. The number of aromatic nitrogens is 1. The standard InChI is InChI=1S/C15H18N2O6S/c1-15(14(19)16-20,24(2,21)22)5-7-17-6-3-11(9-13(17)18)12-4-8-23-10-12/h3-4,6,8-10,20H,5,7H2,1-2H3,(H,16,19). The van der Waals surface area contributed by atoms with Crippen LogP contribution in [0.3, 0.4) is 0 Å². The largest absolute Gasteiger partial charge is 0.472 e. The maximum atomic E-state index is 12.2. The third-order valence-electron chi connectivity index (χ3n) is 4.08. The molecule has 0 aromatic carbocycles. The van der Waals surface area contributed by atoms with E-state index in [2.05, 4.69) is 0 Å². The van der Waals surface area contributed by atoms with Crippen LogP contribution in [0.15, 0.2) is 46.1 Å². The van der Waals surface area contributed by atoms with Gasteiger partial charge in [-0.2, -0.15) is 0 Å². The van der Waals surface area contributed by atoms with Crippen molar-refractivity contribution in [3.05, 3.63) is 47.3 Å². The summed E-state index contributed by atoms with van der Waals surface area (Å²) in [6.07, 6.45) is 5.26. The lowest BCUT2D eigenvalue weighted by Crippen LogP contribution is -2.49. The van der Waals surface area contributed by atoms with Gasteiger partial charge in [0.25, 0.3) is 11.5 Å². The maximum absolute atomic E-state index is 12.2. The molecule has 8 nitrogen and oxygen atoms in total. The predicted octanol–water partition coefficient (Wildman–Crippen LogP) is 0.807. The van der Waals surface area contributed by atoms with E-state index in [1.54, 1.807) is 12.1 Å². The zero-order valence-corrected chi connectivity index (χ0v) is 14.0. The highest BCUT2D eigenvalue weighted by Gasteiger charge is 2.43. The number of carbonyl (C=O) groups excluding carboxylic acids is 1. The van der Waals surface area contributed by atoms with Gasteiger partial charge in [0.2, 0.25) is 0 Å². The Balaban J connectivity index is 2.25. The highest BCUT2D eigenvalue weighted by Crippen LogP contribution is 2.22. The summed E-state index contributed by atoms with van der Waals surface area (Å²) in [5, 5.41) is 8.79. The Hall–Kier alpha value is -2.39. The lowest BCUT2D eigenvalue weighted by Gasteiger charge is -2.25. The van der Waals surface area contributed by atoms with Gasteiger partial charge in [-0.25, -0.2) is 13.9 Å². The van der Waals surface area contributed by atoms with Crippen molar-refractivity contribution in [1.29, 1.82) is 0 Å². The first kappa shape index (κ1) is 18.0. The number of nitrogens with zero attached hydrogens (tertiary/aromatic N) is 1. The van der Waals surface area contributed by atoms with Crippen molar-refractivity contribution in [3.63, 3.8) is 0 Å². The summed E-state index contributed by atoms with van der Waals surface area (Å²) < 4.78 is 28.2. The second-order valence-corrected chi connectivity index (χ2v) is 8.10. The molecule has 0 spiro atoms. The van der Waals surface area contributed by atoms with Crippen molar-refractivity contribution < 1.29 is 22.8 Å². The number of furan rings is 1. The molecule has 1 unspecified atom stereocenters. The first-order valence-corrected chi connectivity index (χ1v) is 8.95. The molecular formula is C15H18N2O6S. The lowest BCUT2D eigenvalue weighted by atomic mass is 10.1. The van der Waals surface area contributed by atoms with Crippen LogP contribution in [0.5, 0.6) is 0 Å². The number of nitrogens with one attached hydrogen (secondary N) is 1. The van der Waals surface area contributed by atoms with Crippen LogP contribution in [-0.2, 0) is 21.2 Å². The Morgan fingerprint density at radius 2 is 2.08 bits per heavy atom. The van der Waals surface area contributed by atoms with Crippen molar-refractivity contribution in [2.75, 3.05) is 6.26 Å². The Morgan fingerprint density at radius 3 is 2.58 bits per heavy atom. The van der Waals surface area contributed by atoms with Crippen LogP contribution in [0.1, 0.15) is 13.3 Å². The molecule has 9 heteroatoms. The summed E-state index contributed by atoms with van der Waals surface area (Å²) in [5.41, 5.74) is 2.46. The van der Waals surface area contributed by atoms with Crippen molar-refractivity contribution >= 4 is 15.7 Å². The van der Waals surface area contributed by atoms with Crippen molar-refractivity contribution in [2.24, 2.45) is 0 Å². The molecule has 0 saturated carbocycles. The van der Waals surface area contributed by atoms with Crippen LogP contribution in [0.2, 0.25) is 0 Å². The molecule has 0 aliphatic heterocycles. The van der Waals surface area contributed by atoms with Gasteiger partial charge in [-0.1, -0.05) is 0 Å². The fraction of sp³-hybridized carbons (Fsp3) is 0.333. The topological polar surface area (TPSA) is 119 Å². The molecule has 130 valence electrons. The van der Waals surface area contributed by atoms with E-state index in [0.29, 0.717) is 5.56 Å². The average molecular weight is 354 g/mol. The Morgan fingerprint density at radius 1 is 1.38 bits per heavy atom. The molecule has 0 aliphatic carbocycles. The zero-order chi connectivity index (χ0) is 18.0. The minimum atomic E-state index is -3.80. The molecule has 2 heterocycles. The first-order chi connectivity index (χ1) is 11.2. The average Bonchev–Trinajstić information content (AvgIpc) is 3.05. The fourth-order valence-electron chi connectivity index (χ4n) is 2.22. The van der Waals surface area contributed by atoms with E-state index < -0.39 is 20.5 Å². The number of sulfone groups is 1. The highest BCUT2D eigenvalue weighted by molar-refractivity contribution is 7.92. The predicted molar refractivity (Wildman–Crippen MR) is 86.2 cm³/mol. The quantitative estimate of drug-likeness (QED) is 0.585. The molecule has 0 fully saturated rings. The number of hydroxylamine groups is 1. The van der Waals surface area contributed by atoms with Gasteiger partial charge in [-0.15, -0.1) is 0 Å². The van der Waals surface area contributed by atoms with E-state index in [1.165, 1.54) is 41.8 Å². The number of amides is 1. The maximum Gasteiger partial charge on any atom is 0.264 e. The third kappa shape index (κ3) is 3.41. The fourth-order valence-corrected chi connectivity index (χ4v) is 3.06. The SMILES string of the molecule is CC(CCn1ccc(-c2ccoc2)cc1=O)(C(=O)NO)S(C)(=O)=O. The van der Waals surface area contributed by atoms with Gasteiger partial charge in [0.15, 0.2) is 14.6 Å². The van der Waals surface area contributed by atoms with E-state index >= 15 is 0 Å². The summed E-state index contributed by atoms with van der Waals surface area (Å²) in [6.45, 7) is 1.21. The van der Waals surface area contributed by atoms with Crippen LogP contribution in [0.4, 0.5) is 0 Å². The molecule has 2 N–H and O–H groups in total. The second kappa shape index (κ2) is 6.62. The van der Waals surface area contributed by atoms with Crippen LogP contribution in [0, 0.1) is 0 Å². The number of carbonyl (C=O) groups is 1. The lowest BCUT2D eigenvalue weighted by molar-refractivity contribution is -0.131. The van der Waals surface area contributed by atoms with Crippen LogP contribution >= 0.6 is 0 Å². The minimum absolute atomic E-state index is 0.00148. The molecule has 0 bridgehead atoms. The highest BCUT2D eigenvalue weighted by atomic mass is 32.2. The minimum Gasteiger partial charge on any atom is -0.472 e. The summed E-state index contributed by atoms with van der Waals surface area (Å²) in [6, 6.07) is 4.80. The number of hydrogen-bond donors (Lipinski definition) is 2. The van der Waals surface area contributed by atoms with Gasteiger partial charge in [-0.3, -0.25) is 14.8 Å². The van der Waals surface area contributed by atoms with Gasteiger partial charge < -0.3 is 8.98 Å². The Kier molecular flexibility index (Phi) is 4.95. The second-order valence-electron chi connectivity index (χ2n) is 5.65. The van der Waals surface area contributed by atoms with Gasteiger partial charge >= 0.3 is 0 Å². The van der Waals surface area contributed by atoms with E-state index in [-0.39, 0.29) is 18.5 Å². The van der Waals surface area contributed by atoms with Crippen LogP contribution in [-0.4, -0.2) is 35.1 Å². The van der Waals surface area contributed by atoms with E-state index in [0.717, 1.165) is 11.8 Å². The van der Waals surface area contributed by atoms with Gasteiger partial charge in [-0.05, 0) is 31.0 Å². The molecule has 0 aliphatic rings. The monoisotopic (exact) mass is 354 g/mol. The molecular weight excluding hydrogens is 336 g/mol. The van der Waals surface area contributed by atoms with Gasteiger partial charge in [0, 0.05) is 30.6 Å². The van der Waals surface area contributed by atoms with Gasteiger partial charge in [0.1, 0.15) is 0 Å². The summed E-state index contributed by atoms with van der Waals surface area (Å²) in [7, 11) is -3.80. The smallest absolute Gasteiger partial charge is 0.264 e. The Labute approximate surface area is 138 Å². The Bertz CT molecular complexity index is 885. The number of pyridine rings is 1. The normalized spacial score (nSPS) is 14.1. The van der Waals surface area contributed by atoms with Crippen molar-refractivity contribution in [2.45, 2.75) is 24.6 Å². The van der Waals surface area contributed by atoms with E-state index in [9.17, 15) is 18.0 Å². The molecule has 2 aromatic rings. The van der Waals surface area contributed by atoms with Crippen LogP contribution in [0.25, 0.3) is 11.1 Å². The van der Waals surface area contributed by atoms with E-state index in [1.807, 2.05) is 0 Å². The van der Waals surface area contributed by atoms with Crippen LogP contribution < -0.4 is 11.0 Å². The zero-order valence-electron chi connectivity index (χ0n) is 13.2. The molecule has 1 atom stereocenters. The summed E-state index contributed by atoms with van der Waals surface area (Å²) >= 11 is 0. The van der Waals surface area contributed by atoms with Crippen molar-refractivity contribution in [3.8, 4) is 11.1 Å². The molecule has 0 radical (unpaired) electrons. The number of rotatable bonds is 6. The number of hydrogen-bond acceptors (Lipinski definition) is 6. The van der Waals surface area contributed by atoms with Gasteiger partial charge in [0.05, 0.1) is 12.5 Å². The van der Waals surface area contributed by atoms with Crippen molar-refractivity contribution in [1.82, 2.24) is 10.0 Å². The third-order valence-corrected chi connectivity index (χ3v) is 6.11. The number of aryl methyl sites for hydroxylation is 1. The molecule has 2 aromatic heterocycles. The molecule has 2 rings (SSSR count). The molecule has 1 amide bonds. The first-order valence-electron chi connectivity index (χ1n) is 7.06. The summed E-state index contributed by atoms with van der Waals surface area (Å²) in [5.74, 6) is -1.03. The molecule has 0 saturated heterocycles. The van der Waals surface area contributed by atoms with E-state index in [4.69, 9.17) is 9.62 Å². The summed E-state index contributed by atoms with van der Waals surface area (Å²) in [4.78, 5) is 23.9.